The van der Waals surface area contributed by atoms with Crippen molar-refractivity contribution in [2.75, 3.05) is 13.1 Å². The Balaban J connectivity index is 1.64. The van der Waals surface area contributed by atoms with Crippen LogP contribution in [0, 0.1) is 6.92 Å². The molecule has 5 nitrogen and oxygen atoms in total. The van der Waals surface area contributed by atoms with Crippen LogP contribution in [0.3, 0.4) is 0 Å². The first kappa shape index (κ1) is 14.0. The predicted octanol–water partition coefficient (Wildman–Crippen LogP) is 2.53. The number of aryl methyl sites for hydroxylation is 1. The second-order valence-corrected chi connectivity index (χ2v) is 6.08. The molecule has 1 amide bonds. The normalized spacial score (nSPS) is 18.5. The van der Waals surface area contributed by atoms with Crippen LogP contribution < -0.4 is 4.74 Å². The largest absolute Gasteiger partial charge is 0.471 e. The third kappa shape index (κ3) is 3.39. The highest BCUT2D eigenvalue weighted by molar-refractivity contribution is 7.12. The average molecular weight is 303 g/mol. The first-order valence-corrected chi connectivity index (χ1v) is 7.87. The quantitative estimate of drug-likeness (QED) is 0.874. The molecule has 1 aliphatic rings. The Morgan fingerprint density at radius 1 is 1.48 bits per heavy atom. The zero-order chi connectivity index (χ0) is 14.7. The maximum Gasteiger partial charge on any atom is 0.264 e. The van der Waals surface area contributed by atoms with E-state index in [-0.39, 0.29) is 12.0 Å². The van der Waals surface area contributed by atoms with E-state index in [2.05, 4.69) is 9.97 Å². The number of thiophene rings is 1. The van der Waals surface area contributed by atoms with E-state index in [0.29, 0.717) is 12.4 Å². The van der Waals surface area contributed by atoms with Crippen LogP contribution in [0.15, 0.2) is 30.0 Å². The van der Waals surface area contributed by atoms with E-state index in [0.717, 1.165) is 29.8 Å². The minimum Gasteiger partial charge on any atom is -0.471 e. The zero-order valence-electron chi connectivity index (χ0n) is 11.9. The minimum atomic E-state index is -0.0135. The molecule has 0 N–H and O–H groups in total. The van der Waals surface area contributed by atoms with Gasteiger partial charge in [0.1, 0.15) is 6.10 Å². The van der Waals surface area contributed by atoms with Gasteiger partial charge in [0.2, 0.25) is 5.88 Å². The summed E-state index contributed by atoms with van der Waals surface area (Å²) in [7, 11) is 0. The summed E-state index contributed by atoms with van der Waals surface area (Å²) < 4.78 is 5.81. The van der Waals surface area contributed by atoms with E-state index < -0.39 is 0 Å². The Labute approximate surface area is 127 Å². The number of hydrogen-bond acceptors (Lipinski definition) is 5. The van der Waals surface area contributed by atoms with Crippen LogP contribution in [-0.2, 0) is 0 Å². The van der Waals surface area contributed by atoms with E-state index >= 15 is 0 Å². The summed E-state index contributed by atoms with van der Waals surface area (Å²) >= 11 is 1.50. The molecular weight excluding hydrogens is 286 g/mol. The van der Waals surface area contributed by atoms with Crippen LogP contribution in [0.2, 0.25) is 0 Å². The molecule has 1 saturated heterocycles. The lowest BCUT2D eigenvalue weighted by molar-refractivity contribution is 0.0531. The summed E-state index contributed by atoms with van der Waals surface area (Å²) in [6, 6.07) is 1.94. The molecule has 1 unspecified atom stereocenters. The van der Waals surface area contributed by atoms with Crippen molar-refractivity contribution in [1.29, 1.82) is 0 Å². The van der Waals surface area contributed by atoms with Gasteiger partial charge in [-0.3, -0.25) is 9.78 Å². The predicted molar refractivity (Wildman–Crippen MR) is 80.6 cm³/mol. The van der Waals surface area contributed by atoms with Gasteiger partial charge in [-0.1, -0.05) is 0 Å². The van der Waals surface area contributed by atoms with E-state index in [1.165, 1.54) is 11.3 Å². The molecule has 0 spiro atoms. The fourth-order valence-electron chi connectivity index (χ4n) is 2.44. The monoisotopic (exact) mass is 303 g/mol. The fraction of sp³-hybridized carbons (Fsp3) is 0.400. The van der Waals surface area contributed by atoms with Crippen molar-refractivity contribution in [3.8, 4) is 5.88 Å². The van der Waals surface area contributed by atoms with Crippen LogP contribution in [0.1, 0.15) is 28.1 Å². The summed E-state index contributed by atoms with van der Waals surface area (Å²) in [6.07, 6.45) is 6.69. The van der Waals surface area contributed by atoms with Crippen molar-refractivity contribution in [3.05, 3.63) is 40.5 Å². The molecule has 1 aliphatic heterocycles. The summed E-state index contributed by atoms with van der Waals surface area (Å²) in [6.45, 7) is 3.39. The van der Waals surface area contributed by atoms with Gasteiger partial charge in [0.25, 0.3) is 5.91 Å². The molecule has 3 heterocycles. The van der Waals surface area contributed by atoms with Gasteiger partial charge in [-0.2, -0.15) is 0 Å². The number of likely N-dealkylation sites (tertiary alicyclic amines) is 1. The Morgan fingerprint density at radius 2 is 2.38 bits per heavy atom. The number of nitrogens with zero attached hydrogens (tertiary/aromatic N) is 3. The smallest absolute Gasteiger partial charge is 0.264 e. The molecule has 1 atom stereocenters. The van der Waals surface area contributed by atoms with Gasteiger partial charge in [-0.25, -0.2) is 4.98 Å². The number of amides is 1. The van der Waals surface area contributed by atoms with Crippen LogP contribution in [0.25, 0.3) is 0 Å². The van der Waals surface area contributed by atoms with E-state index in [4.69, 9.17) is 4.74 Å². The third-order valence-corrected chi connectivity index (χ3v) is 4.47. The van der Waals surface area contributed by atoms with Crippen molar-refractivity contribution in [2.24, 2.45) is 0 Å². The first-order chi connectivity index (χ1) is 10.2. The lowest BCUT2D eigenvalue weighted by Gasteiger charge is -2.32. The van der Waals surface area contributed by atoms with Gasteiger partial charge >= 0.3 is 0 Å². The molecule has 0 aromatic carbocycles. The lowest BCUT2D eigenvalue weighted by atomic mass is 10.1. The van der Waals surface area contributed by atoms with E-state index in [1.807, 2.05) is 23.3 Å². The molecule has 110 valence electrons. The number of ether oxygens (including phenoxy) is 1. The van der Waals surface area contributed by atoms with Gasteiger partial charge < -0.3 is 9.64 Å². The summed E-state index contributed by atoms with van der Waals surface area (Å²) in [5, 5.41) is 2.00. The van der Waals surface area contributed by atoms with Crippen LogP contribution in [0.5, 0.6) is 5.88 Å². The topological polar surface area (TPSA) is 55.3 Å². The van der Waals surface area contributed by atoms with Crippen molar-refractivity contribution >= 4 is 17.2 Å². The number of hydrogen-bond donors (Lipinski definition) is 0. The van der Waals surface area contributed by atoms with Gasteiger partial charge in [0.05, 0.1) is 17.6 Å². The highest BCUT2D eigenvalue weighted by Gasteiger charge is 2.26. The van der Waals surface area contributed by atoms with E-state index in [1.54, 1.807) is 18.6 Å². The molecule has 2 aromatic heterocycles. The number of carbonyl (C=O) groups excluding carboxylic acids is 1. The SMILES string of the molecule is Cc1csc(C(=O)N2CCCC(Oc3cnccn3)C2)c1. The second kappa shape index (κ2) is 6.22. The lowest BCUT2D eigenvalue weighted by Crippen LogP contribution is -2.44. The Hall–Kier alpha value is -1.95. The molecule has 0 bridgehead atoms. The molecule has 21 heavy (non-hydrogen) atoms. The number of aromatic nitrogens is 2. The van der Waals surface area contributed by atoms with Gasteiger partial charge in [0.15, 0.2) is 0 Å². The standard InChI is InChI=1S/C15H17N3O2S/c1-11-7-13(21-10-11)15(19)18-6-2-3-12(9-18)20-14-8-16-4-5-17-14/h4-5,7-8,10,12H,2-3,6,9H2,1H3. The maximum absolute atomic E-state index is 12.5. The molecule has 3 rings (SSSR count). The van der Waals surface area contributed by atoms with Crippen LogP contribution >= 0.6 is 11.3 Å². The summed E-state index contributed by atoms with van der Waals surface area (Å²) in [4.78, 5) is 23.2. The van der Waals surface area contributed by atoms with Crippen molar-refractivity contribution in [1.82, 2.24) is 14.9 Å². The Morgan fingerprint density at radius 3 is 3.10 bits per heavy atom. The zero-order valence-corrected chi connectivity index (χ0v) is 12.7. The number of piperidine rings is 1. The molecule has 0 radical (unpaired) electrons. The van der Waals surface area contributed by atoms with Gasteiger partial charge in [-0.15, -0.1) is 11.3 Å². The number of rotatable bonds is 3. The number of carbonyl (C=O) groups is 1. The average Bonchev–Trinajstić information content (AvgIpc) is 2.94. The van der Waals surface area contributed by atoms with Gasteiger partial charge in [-0.05, 0) is 36.8 Å². The van der Waals surface area contributed by atoms with Crippen LogP contribution in [-0.4, -0.2) is 40.0 Å². The van der Waals surface area contributed by atoms with Crippen molar-refractivity contribution < 1.29 is 9.53 Å². The molecule has 1 fully saturated rings. The van der Waals surface area contributed by atoms with Crippen LogP contribution in [0.4, 0.5) is 0 Å². The molecular formula is C15H17N3O2S. The maximum atomic E-state index is 12.5. The van der Waals surface area contributed by atoms with E-state index in [9.17, 15) is 4.79 Å². The highest BCUT2D eigenvalue weighted by Crippen LogP contribution is 2.21. The second-order valence-electron chi connectivity index (χ2n) is 5.17. The molecule has 2 aromatic rings. The highest BCUT2D eigenvalue weighted by atomic mass is 32.1. The third-order valence-electron chi connectivity index (χ3n) is 3.43. The molecule has 0 aliphatic carbocycles. The fourth-order valence-corrected chi connectivity index (χ4v) is 3.30. The summed E-state index contributed by atoms with van der Waals surface area (Å²) in [5.74, 6) is 0.615. The Kier molecular flexibility index (Phi) is 4.15. The van der Waals surface area contributed by atoms with Crippen molar-refractivity contribution in [3.63, 3.8) is 0 Å². The minimum absolute atomic E-state index is 0.0135. The van der Waals surface area contributed by atoms with Crippen molar-refractivity contribution in [2.45, 2.75) is 25.9 Å². The molecule has 0 saturated carbocycles. The summed E-state index contributed by atoms with van der Waals surface area (Å²) in [5.41, 5.74) is 1.13. The molecule has 6 heteroatoms. The van der Waals surface area contributed by atoms with Gasteiger partial charge in [0, 0.05) is 18.9 Å². The first-order valence-electron chi connectivity index (χ1n) is 6.99. The Bertz CT molecular complexity index is 614.